The summed E-state index contributed by atoms with van der Waals surface area (Å²) in [5.41, 5.74) is 3.80. The maximum atomic E-state index is 11.8. The summed E-state index contributed by atoms with van der Waals surface area (Å²) in [5.74, 6) is -0.0884. The first-order chi connectivity index (χ1) is 9.58. The van der Waals surface area contributed by atoms with E-state index >= 15 is 0 Å². The molecule has 2 aromatic rings. The summed E-state index contributed by atoms with van der Waals surface area (Å²) in [5, 5.41) is 4.44. The highest BCUT2D eigenvalue weighted by Crippen LogP contribution is 2.36. The molecular weight excluding hydrogens is 292 g/mol. The molecule has 1 aliphatic rings. The zero-order valence-electron chi connectivity index (χ0n) is 11.2. The fourth-order valence-electron chi connectivity index (χ4n) is 2.27. The van der Waals surface area contributed by atoms with Gasteiger partial charge in [-0.2, -0.15) is 0 Å². The molecule has 2 heterocycles. The number of amides is 1. The Hall–Kier alpha value is -1.65. The van der Waals surface area contributed by atoms with E-state index in [0.29, 0.717) is 5.02 Å². The Balaban J connectivity index is 2.26. The molecule has 0 radical (unpaired) electrons. The Morgan fingerprint density at radius 3 is 2.80 bits per heavy atom. The van der Waals surface area contributed by atoms with Gasteiger partial charge in [0.05, 0.1) is 5.71 Å². The molecule has 1 aromatic heterocycles. The number of anilines is 1. The summed E-state index contributed by atoms with van der Waals surface area (Å²) in [6.07, 6.45) is 0. The van der Waals surface area contributed by atoms with Gasteiger partial charge in [-0.3, -0.25) is 9.79 Å². The predicted molar refractivity (Wildman–Crippen MR) is 84.4 cm³/mol. The lowest BCUT2D eigenvalue weighted by molar-refractivity contribution is -0.114. The maximum Gasteiger partial charge on any atom is 0.246 e. The van der Waals surface area contributed by atoms with Crippen LogP contribution >= 0.6 is 22.9 Å². The van der Waals surface area contributed by atoms with E-state index in [1.165, 1.54) is 4.88 Å². The van der Waals surface area contributed by atoms with Crippen LogP contribution in [-0.2, 0) is 4.79 Å². The molecule has 102 valence electrons. The van der Waals surface area contributed by atoms with Gasteiger partial charge in [0.15, 0.2) is 0 Å². The lowest BCUT2D eigenvalue weighted by Gasteiger charge is -2.09. The van der Waals surface area contributed by atoms with Gasteiger partial charge in [-0.15, -0.1) is 11.3 Å². The Morgan fingerprint density at radius 2 is 2.05 bits per heavy atom. The minimum absolute atomic E-state index is 0.0884. The monoisotopic (exact) mass is 304 g/mol. The summed E-state index contributed by atoms with van der Waals surface area (Å²) in [4.78, 5) is 17.4. The van der Waals surface area contributed by atoms with Crippen molar-refractivity contribution in [2.24, 2.45) is 4.99 Å². The molecule has 20 heavy (non-hydrogen) atoms. The van der Waals surface area contributed by atoms with Crippen LogP contribution in [0.4, 0.5) is 5.00 Å². The maximum absolute atomic E-state index is 11.8. The minimum atomic E-state index is -0.0884. The summed E-state index contributed by atoms with van der Waals surface area (Å²) in [6.45, 7) is 4.22. The SMILES string of the molecule is Cc1sc2c(c1C)C(c1ccccc1Cl)=NCC(=O)N2. The van der Waals surface area contributed by atoms with Gasteiger partial charge in [-0.25, -0.2) is 0 Å². The van der Waals surface area contributed by atoms with Crippen LogP contribution in [0.2, 0.25) is 5.02 Å². The third-order valence-corrected chi connectivity index (χ3v) is 4.84. The number of nitrogens with zero attached hydrogens (tertiary/aromatic N) is 1. The van der Waals surface area contributed by atoms with Crippen LogP contribution in [-0.4, -0.2) is 18.2 Å². The second-order valence-corrected chi connectivity index (χ2v) is 6.31. The molecule has 0 fully saturated rings. The molecule has 1 aliphatic heterocycles. The van der Waals surface area contributed by atoms with E-state index in [1.54, 1.807) is 11.3 Å². The molecule has 3 nitrogen and oxygen atoms in total. The number of halogens is 1. The zero-order chi connectivity index (χ0) is 14.3. The summed E-state index contributed by atoms with van der Waals surface area (Å²) >= 11 is 7.87. The van der Waals surface area contributed by atoms with Gasteiger partial charge in [0.25, 0.3) is 0 Å². The molecular formula is C15H13ClN2OS. The smallest absolute Gasteiger partial charge is 0.246 e. The van der Waals surface area contributed by atoms with Gasteiger partial charge in [-0.1, -0.05) is 29.8 Å². The number of thiophene rings is 1. The highest BCUT2D eigenvalue weighted by Gasteiger charge is 2.24. The van der Waals surface area contributed by atoms with Gasteiger partial charge >= 0.3 is 0 Å². The Morgan fingerprint density at radius 1 is 1.30 bits per heavy atom. The van der Waals surface area contributed by atoms with Crippen molar-refractivity contribution in [3.05, 3.63) is 50.9 Å². The molecule has 0 spiro atoms. The van der Waals surface area contributed by atoms with Crippen LogP contribution in [0.25, 0.3) is 0 Å². The number of aliphatic imine (C=N–C) groups is 1. The zero-order valence-corrected chi connectivity index (χ0v) is 12.7. The molecule has 1 N–H and O–H groups in total. The summed E-state index contributed by atoms with van der Waals surface area (Å²) in [6, 6.07) is 7.60. The quantitative estimate of drug-likeness (QED) is 0.855. The average Bonchev–Trinajstić information content (AvgIpc) is 2.59. The Bertz CT molecular complexity index is 733. The van der Waals surface area contributed by atoms with E-state index in [-0.39, 0.29) is 12.5 Å². The molecule has 1 aromatic carbocycles. The van der Waals surface area contributed by atoms with Gasteiger partial charge in [-0.05, 0) is 25.5 Å². The molecule has 0 aliphatic carbocycles. The standard InChI is InChI=1S/C15H13ClN2OS/c1-8-9(2)20-15-13(8)14(17-7-12(19)18-15)10-5-3-4-6-11(10)16/h3-6H,7H2,1-2H3,(H,18,19). The largest absolute Gasteiger partial charge is 0.316 e. The number of aryl methyl sites for hydroxylation is 1. The van der Waals surface area contributed by atoms with Crippen molar-refractivity contribution in [3.63, 3.8) is 0 Å². The average molecular weight is 305 g/mol. The number of carbonyl (C=O) groups excluding carboxylic acids is 1. The third-order valence-electron chi connectivity index (χ3n) is 3.38. The van der Waals surface area contributed by atoms with Crippen LogP contribution in [0.15, 0.2) is 29.3 Å². The number of rotatable bonds is 1. The van der Waals surface area contributed by atoms with Crippen LogP contribution < -0.4 is 5.32 Å². The summed E-state index contributed by atoms with van der Waals surface area (Å²) in [7, 11) is 0. The van der Waals surface area contributed by atoms with Crippen LogP contribution in [0.3, 0.4) is 0 Å². The first-order valence-corrected chi connectivity index (χ1v) is 7.47. The second kappa shape index (κ2) is 5.04. The fraction of sp³-hybridized carbons (Fsp3) is 0.200. The van der Waals surface area contributed by atoms with Crippen molar-refractivity contribution in [3.8, 4) is 0 Å². The van der Waals surface area contributed by atoms with Gasteiger partial charge in [0.2, 0.25) is 5.91 Å². The molecule has 0 atom stereocenters. The van der Waals surface area contributed by atoms with E-state index in [9.17, 15) is 4.79 Å². The highest BCUT2D eigenvalue weighted by molar-refractivity contribution is 7.17. The van der Waals surface area contributed by atoms with E-state index in [0.717, 1.165) is 27.4 Å². The number of benzene rings is 1. The van der Waals surface area contributed by atoms with Crippen molar-refractivity contribution in [2.45, 2.75) is 13.8 Å². The highest BCUT2D eigenvalue weighted by atomic mass is 35.5. The van der Waals surface area contributed by atoms with Crippen molar-refractivity contribution in [1.82, 2.24) is 0 Å². The van der Waals surface area contributed by atoms with Crippen LogP contribution in [0.1, 0.15) is 21.6 Å². The van der Waals surface area contributed by atoms with Crippen LogP contribution in [0.5, 0.6) is 0 Å². The van der Waals surface area contributed by atoms with E-state index in [4.69, 9.17) is 11.6 Å². The number of carbonyl (C=O) groups is 1. The lowest BCUT2D eigenvalue weighted by Crippen LogP contribution is -2.12. The van der Waals surface area contributed by atoms with Crippen molar-refractivity contribution < 1.29 is 4.79 Å². The molecule has 0 unspecified atom stereocenters. The number of hydrogen-bond acceptors (Lipinski definition) is 3. The van der Waals surface area contributed by atoms with Crippen molar-refractivity contribution >= 4 is 39.6 Å². The Kier molecular flexibility index (Phi) is 3.36. The molecule has 0 saturated heterocycles. The summed E-state index contributed by atoms with van der Waals surface area (Å²) < 4.78 is 0. The van der Waals surface area contributed by atoms with Crippen LogP contribution in [0, 0.1) is 13.8 Å². The molecule has 0 saturated carbocycles. The molecule has 1 amide bonds. The first kappa shape index (κ1) is 13.3. The van der Waals surface area contributed by atoms with Crippen molar-refractivity contribution in [1.29, 1.82) is 0 Å². The van der Waals surface area contributed by atoms with E-state index in [2.05, 4.69) is 17.2 Å². The van der Waals surface area contributed by atoms with E-state index in [1.807, 2.05) is 31.2 Å². The molecule has 5 heteroatoms. The minimum Gasteiger partial charge on any atom is -0.316 e. The van der Waals surface area contributed by atoms with E-state index < -0.39 is 0 Å². The fourth-order valence-corrected chi connectivity index (χ4v) is 3.57. The van der Waals surface area contributed by atoms with Crippen molar-refractivity contribution in [2.75, 3.05) is 11.9 Å². The second-order valence-electron chi connectivity index (χ2n) is 4.68. The van der Waals surface area contributed by atoms with Gasteiger partial charge in [0, 0.05) is 21.0 Å². The third kappa shape index (κ3) is 2.15. The predicted octanol–water partition coefficient (Wildman–Crippen LogP) is 3.81. The van der Waals surface area contributed by atoms with Gasteiger partial charge in [0.1, 0.15) is 11.5 Å². The lowest BCUT2D eigenvalue weighted by atomic mass is 10.00. The first-order valence-electron chi connectivity index (χ1n) is 6.27. The molecule has 3 rings (SSSR count). The Labute approximate surface area is 126 Å². The topological polar surface area (TPSA) is 41.5 Å². The molecule has 0 bridgehead atoms. The normalized spacial score (nSPS) is 14.3. The van der Waals surface area contributed by atoms with Gasteiger partial charge < -0.3 is 5.32 Å². The number of fused-ring (bicyclic) bond motifs is 1. The number of nitrogens with one attached hydrogen (secondary N) is 1. The number of hydrogen-bond donors (Lipinski definition) is 1.